The fourth-order valence-electron chi connectivity index (χ4n) is 3.25. The van der Waals surface area contributed by atoms with Crippen molar-refractivity contribution in [3.63, 3.8) is 0 Å². The molecule has 3 heterocycles. The summed E-state index contributed by atoms with van der Waals surface area (Å²) < 4.78 is 5.99. The van der Waals surface area contributed by atoms with Gasteiger partial charge in [0, 0.05) is 17.1 Å². The standard InChI is InChI=1S/C21H23N3OS2/c1-13(2)16-11-15-17(12-25-16)27-20-18(15)19(22)23-21(24-20)26-10-6-9-14-7-4-3-5-8-14/h3-9,13,16H,10-12H2,1-2H3,(H2,22,23,24)/b9-6+/t16-/m0/s1. The van der Waals surface area contributed by atoms with E-state index in [1.54, 1.807) is 23.1 Å². The number of fused-ring (bicyclic) bond motifs is 3. The minimum absolute atomic E-state index is 0.242. The number of aromatic nitrogens is 2. The van der Waals surface area contributed by atoms with Crippen LogP contribution < -0.4 is 5.73 Å². The average molecular weight is 398 g/mol. The van der Waals surface area contributed by atoms with Crippen LogP contribution in [0.4, 0.5) is 5.82 Å². The lowest BCUT2D eigenvalue weighted by Crippen LogP contribution is -2.26. The molecule has 0 aliphatic carbocycles. The largest absolute Gasteiger partial charge is 0.383 e. The highest BCUT2D eigenvalue weighted by Crippen LogP contribution is 2.39. The van der Waals surface area contributed by atoms with E-state index in [0.29, 0.717) is 18.3 Å². The van der Waals surface area contributed by atoms with Gasteiger partial charge in [-0.1, -0.05) is 68.1 Å². The van der Waals surface area contributed by atoms with E-state index in [1.165, 1.54) is 16.0 Å². The number of nitrogen functional groups attached to an aromatic ring is 1. The minimum atomic E-state index is 0.242. The Morgan fingerprint density at radius 1 is 1.30 bits per heavy atom. The number of thiophene rings is 1. The Morgan fingerprint density at radius 3 is 2.89 bits per heavy atom. The normalized spacial score (nSPS) is 17.1. The topological polar surface area (TPSA) is 61.0 Å². The van der Waals surface area contributed by atoms with Crippen molar-refractivity contribution in [2.75, 3.05) is 11.5 Å². The Kier molecular flexibility index (Phi) is 5.48. The molecular weight excluding hydrogens is 374 g/mol. The quantitative estimate of drug-likeness (QED) is 0.475. The second-order valence-corrected chi connectivity index (χ2v) is 9.07. The summed E-state index contributed by atoms with van der Waals surface area (Å²) in [6.45, 7) is 5.05. The highest BCUT2D eigenvalue weighted by molar-refractivity contribution is 7.99. The molecule has 1 aromatic carbocycles. The van der Waals surface area contributed by atoms with E-state index in [9.17, 15) is 0 Å². The predicted octanol–water partition coefficient (Wildman–Crippen LogP) is 5.18. The molecule has 0 saturated carbocycles. The van der Waals surface area contributed by atoms with Crippen LogP contribution in [0.15, 0.2) is 41.6 Å². The predicted molar refractivity (Wildman–Crippen MR) is 115 cm³/mol. The summed E-state index contributed by atoms with van der Waals surface area (Å²) in [5.74, 6) is 1.89. The first kappa shape index (κ1) is 18.5. The molecule has 4 rings (SSSR count). The molecule has 0 unspecified atom stereocenters. The summed E-state index contributed by atoms with van der Waals surface area (Å²) >= 11 is 3.30. The van der Waals surface area contributed by atoms with E-state index in [1.807, 2.05) is 18.2 Å². The van der Waals surface area contributed by atoms with Crippen LogP contribution in [0.2, 0.25) is 0 Å². The van der Waals surface area contributed by atoms with Crippen LogP contribution in [-0.4, -0.2) is 21.8 Å². The monoisotopic (exact) mass is 397 g/mol. The molecule has 3 aromatic rings. The van der Waals surface area contributed by atoms with Crippen LogP contribution in [-0.2, 0) is 17.8 Å². The first-order valence-electron chi connectivity index (χ1n) is 9.15. The van der Waals surface area contributed by atoms with E-state index < -0.39 is 0 Å². The average Bonchev–Trinajstić information content (AvgIpc) is 3.04. The summed E-state index contributed by atoms with van der Waals surface area (Å²) in [5, 5.41) is 1.77. The summed E-state index contributed by atoms with van der Waals surface area (Å²) in [6, 6.07) is 10.3. The highest BCUT2D eigenvalue weighted by atomic mass is 32.2. The van der Waals surface area contributed by atoms with Crippen molar-refractivity contribution < 1.29 is 4.74 Å². The number of nitrogens with zero attached hydrogens (tertiary/aromatic N) is 2. The number of hydrogen-bond donors (Lipinski definition) is 1. The van der Waals surface area contributed by atoms with Gasteiger partial charge in [-0.05, 0) is 17.0 Å². The fourth-order valence-corrected chi connectivity index (χ4v) is 5.10. The number of hydrogen-bond acceptors (Lipinski definition) is 6. The van der Waals surface area contributed by atoms with Crippen LogP contribution in [0.25, 0.3) is 16.3 Å². The lowest BCUT2D eigenvalue weighted by atomic mass is 9.96. The van der Waals surface area contributed by atoms with Gasteiger partial charge in [0.05, 0.1) is 18.1 Å². The zero-order valence-electron chi connectivity index (χ0n) is 15.5. The van der Waals surface area contributed by atoms with Gasteiger partial charge < -0.3 is 10.5 Å². The van der Waals surface area contributed by atoms with Crippen LogP contribution >= 0.6 is 23.1 Å². The zero-order valence-corrected chi connectivity index (χ0v) is 17.1. The minimum Gasteiger partial charge on any atom is -0.383 e. The molecule has 140 valence electrons. The summed E-state index contributed by atoms with van der Waals surface area (Å²) in [4.78, 5) is 11.5. The van der Waals surface area contributed by atoms with Crippen molar-refractivity contribution in [3.8, 4) is 0 Å². The molecule has 4 nitrogen and oxygen atoms in total. The molecule has 1 aliphatic rings. The van der Waals surface area contributed by atoms with Crippen molar-refractivity contribution in [1.29, 1.82) is 0 Å². The van der Waals surface area contributed by atoms with E-state index in [0.717, 1.165) is 27.5 Å². The molecular formula is C21H23N3OS2. The molecule has 1 aliphatic heterocycles. The molecule has 0 saturated heterocycles. The van der Waals surface area contributed by atoms with Gasteiger partial charge in [-0.2, -0.15) is 0 Å². The number of ether oxygens (including phenoxy) is 1. The first-order chi connectivity index (χ1) is 13.1. The lowest BCUT2D eigenvalue weighted by molar-refractivity contribution is 0.00203. The maximum atomic E-state index is 6.33. The van der Waals surface area contributed by atoms with Crippen molar-refractivity contribution in [2.45, 2.75) is 38.1 Å². The molecule has 0 radical (unpaired) electrons. The van der Waals surface area contributed by atoms with Crippen LogP contribution in [0.1, 0.15) is 29.9 Å². The second kappa shape index (κ2) is 8.00. The van der Waals surface area contributed by atoms with Crippen LogP contribution in [0.5, 0.6) is 0 Å². The third-order valence-corrected chi connectivity index (χ3v) is 6.64. The second-order valence-electron chi connectivity index (χ2n) is 7.00. The van der Waals surface area contributed by atoms with Gasteiger partial charge in [-0.15, -0.1) is 11.3 Å². The third-order valence-electron chi connectivity index (χ3n) is 4.74. The number of anilines is 1. The molecule has 2 N–H and O–H groups in total. The van der Waals surface area contributed by atoms with Crippen molar-refractivity contribution >= 4 is 45.2 Å². The highest BCUT2D eigenvalue weighted by Gasteiger charge is 2.27. The van der Waals surface area contributed by atoms with Crippen molar-refractivity contribution in [1.82, 2.24) is 9.97 Å². The molecule has 0 fully saturated rings. The van der Waals surface area contributed by atoms with E-state index in [2.05, 4.69) is 43.1 Å². The lowest BCUT2D eigenvalue weighted by Gasteiger charge is -2.26. The number of benzene rings is 1. The van der Waals surface area contributed by atoms with Gasteiger partial charge in [-0.25, -0.2) is 9.97 Å². The molecule has 0 bridgehead atoms. The van der Waals surface area contributed by atoms with E-state index in [4.69, 9.17) is 15.5 Å². The smallest absolute Gasteiger partial charge is 0.191 e. The maximum Gasteiger partial charge on any atom is 0.191 e. The number of thioether (sulfide) groups is 1. The molecule has 1 atom stereocenters. The van der Waals surface area contributed by atoms with E-state index in [-0.39, 0.29) is 6.10 Å². The molecule has 6 heteroatoms. The van der Waals surface area contributed by atoms with Crippen LogP contribution in [0.3, 0.4) is 0 Å². The van der Waals surface area contributed by atoms with Gasteiger partial charge in [0.25, 0.3) is 0 Å². The number of nitrogens with two attached hydrogens (primary N) is 1. The van der Waals surface area contributed by atoms with E-state index >= 15 is 0 Å². The van der Waals surface area contributed by atoms with Gasteiger partial charge in [0.2, 0.25) is 0 Å². The van der Waals surface area contributed by atoms with Gasteiger partial charge in [-0.3, -0.25) is 0 Å². The summed E-state index contributed by atoms with van der Waals surface area (Å²) in [5.41, 5.74) is 8.81. The Morgan fingerprint density at radius 2 is 2.11 bits per heavy atom. The SMILES string of the molecule is CC(C)[C@@H]1Cc2c(sc3nc(SC/C=C/c4ccccc4)nc(N)c23)CO1. The van der Waals surface area contributed by atoms with Gasteiger partial charge in [0.1, 0.15) is 10.6 Å². The van der Waals surface area contributed by atoms with Crippen molar-refractivity contribution in [3.05, 3.63) is 52.4 Å². The zero-order chi connectivity index (χ0) is 18.8. The van der Waals surface area contributed by atoms with Gasteiger partial charge in [0.15, 0.2) is 5.16 Å². The fraction of sp³-hybridized carbons (Fsp3) is 0.333. The first-order valence-corrected chi connectivity index (χ1v) is 11.0. The van der Waals surface area contributed by atoms with Crippen LogP contribution in [0, 0.1) is 5.92 Å². The Labute approximate surface area is 167 Å². The molecule has 0 amide bonds. The summed E-state index contributed by atoms with van der Waals surface area (Å²) in [6.07, 6.45) is 5.38. The Hall–Kier alpha value is -1.89. The summed E-state index contributed by atoms with van der Waals surface area (Å²) in [7, 11) is 0. The molecule has 27 heavy (non-hydrogen) atoms. The molecule has 2 aromatic heterocycles. The number of rotatable bonds is 5. The van der Waals surface area contributed by atoms with Gasteiger partial charge >= 0.3 is 0 Å². The third kappa shape index (κ3) is 4.03. The Balaban J connectivity index is 1.52. The molecule has 0 spiro atoms. The van der Waals surface area contributed by atoms with Crippen molar-refractivity contribution in [2.24, 2.45) is 5.92 Å². The maximum absolute atomic E-state index is 6.33. The Bertz CT molecular complexity index is 966.